The van der Waals surface area contributed by atoms with Crippen LogP contribution in [0.4, 0.5) is 0 Å². The van der Waals surface area contributed by atoms with E-state index < -0.39 is 11.7 Å². The Bertz CT molecular complexity index is 853. The quantitative estimate of drug-likeness (QED) is 0.653. The highest BCUT2D eigenvalue weighted by atomic mass is 16.2. The van der Waals surface area contributed by atoms with E-state index in [0.717, 1.165) is 23.7 Å². The third-order valence-corrected chi connectivity index (χ3v) is 4.89. The Kier molecular flexibility index (Phi) is 5.11. The molecule has 1 saturated heterocycles. The van der Waals surface area contributed by atoms with Crippen LogP contribution >= 0.6 is 0 Å². The van der Waals surface area contributed by atoms with Gasteiger partial charge in [0.15, 0.2) is 0 Å². The lowest BCUT2D eigenvalue weighted by molar-refractivity contribution is -0.130. The Morgan fingerprint density at radius 3 is 2.69 bits per heavy atom. The van der Waals surface area contributed by atoms with Crippen LogP contribution in [-0.2, 0) is 9.59 Å². The lowest BCUT2D eigenvalue weighted by Crippen LogP contribution is -2.51. The van der Waals surface area contributed by atoms with Gasteiger partial charge in [0.25, 0.3) is 11.7 Å². The van der Waals surface area contributed by atoms with Crippen LogP contribution in [0.15, 0.2) is 24.3 Å². The molecule has 2 amide bonds. The monoisotopic (exact) mass is 355 g/mol. The number of para-hydroxylation sites is 1. The number of carbonyl (C=O) groups excluding carboxylic acids is 3. The summed E-state index contributed by atoms with van der Waals surface area (Å²) in [6.07, 6.45) is 1.59. The lowest BCUT2D eigenvalue weighted by atomic mass is 10.0. The predicted molar refractivity (Wildman–Crippen MR) is 99.9 cm³/mol. The average molecular weight is 355 g/mol. The number of aromatic nitrogens is 1. The van der Waals surface area contributed by atoms with E-state index in [-0.39, 0.29) is 17.9 Å². The Labute approximate surface area is 152 Å². The lowest BCUT2D eigenvalue weighted by Gasteiger charge is -2.33. The SMILES string of the molecule is Cc1[nH]c2ccccc2c1C(=O)C(=O)N1CCCC(NC(=O)C(C)C)C1. The van der Waals surface area contributed by atoms with Gasteiger partial charge in [-0.15, -0.1) is 0 Å². The van der Waals surface area contributed by atoms with Crippen LogP contribution in [0.25, 0.3) is 10.9 Å². The summed E-state index contributed by atoms with van der Waals surface area (Å²) in [5.74, 6) is -1.11. The molecular formula is C20H25N3O3. The van der Waals surface area contributed by atoms with E-state index in [1.165, 1.54) is 0 Å². The van der Waals surface area contributed by atoms with Crippen LogP contribution in [0.1, 0.15) is 42.7 Å². The second-order valence-corrected chi connectivity index (χ2v) is 7.25. The van der Waals surface area contributed by atoms with Gasteiger partial charge in [-0.2, -0.15) is 0 Å². The van der Waals surface area contributed by atoms with Gasteiger partial charge >= 0.3 is 0 Å². The molecule has 1 aromatic heterocycles. The van der Waals surface area contributed by atoms with Crippen LogP contribution in [0.3, 0.4) is 0 Å². The van der Waals surface area contributed by atoms with E-state index in [2.05, 4.69) is 10.3 Å². The average Bonchev–Trinajstić information content (AvgIpc) is 2.96. The second-order valence-electron chi connectivity index (χ2n) is 7.25. The molecule has 2 heterocycles. The van der Waals surface area contributed by atoms with E-state index in [0.29, 0.717) is 24.3 Å². The first-order chi connectivity index (χ1) is 12.4. The topological polar surface area (TPSA) is 82.3 Å². The fraction of sp³-hybridized carbons (Fsp3) is 0.450. The van der Waals surface area contributed by atoms with E-state index in [4.69, 9.17) is 0 Å². The highest BCUT2D eigenvalue weighted by molar-refractivity contribution is 6.45. The van der Waals surface area contributed by atoms with Gasteiger partial charge in [0.2, 0.25) is 5.91 Å². The number of aryl methyl sites for hydroxylation is 1. The number of aromatic amines is 1. The molecule has 138 valence electrons. The summed E-state index contributed by atoms with van der Waals surface area (Å²) >= 11 is 0. The molecule has 0 bridgehead atoms. The van der Waals surface area contributed by atoms with Crippen molar-refractivity contribution in [2.75, 3.05) is 13.1 Å². The minimum Gasteiger partial charge on any atom is -0.358 e. The summed E-state index contributed by atoms with van der Waals surface area (Å²) in [5.41, 5.74) is 1.99. The number of H-pyrrole nitrogens is 1. The number of hydrogen-bond donors (Lipinski definition) is 2. The molecule has 0 aliphatic carbocycles. The summed E-state index contributed by atoms with van der Waals surface area (Å²) < 4.78 is 0. The fourth-order valence-corrected chi connectivity index (χ4v) is 3.47. The first kappa shape index (κ1) is 18.2. The first-order valence-corrected chi connectivity index (χ1v) is 9.09. The van der Waals surface area contributed by atoms with Crippen LogP contribution in [0, 0.1) is 12.8 Å². The predicted octanol–water partition coefficient (Wildman–Crippen LogP) is 2.42. The van der Waals surface area contributed by atoms with Gasteiger partial charge < -0.3 is 15.2 Å². The molecule has 2 N–H and O–H groups in total. The molecule has 1 aliphatic rings. The third kappa shape index (κ3) is 3.49. The highest BCUT2D eigenvalue weighted by Gasteiger charge is 2.31. The summed E-state index contributed by atoms with van der Waals surface area (Å²) in [6, 6.07) is 7.39. The van der Waals surface area contributed by atoms with E-state index in [1.807, 2.05) is 45.0 Å². The normalized spacial score (nSPS) is 17.5. The molecule has 0 radical (unpaired) electrons. The van der Waals surface area contributed by atoms with Crippen molar-refractivity contribution >= 4 is 28.5 Å². The van der Waals surface area contributed by atoms with Crippen molar-refractivity contribution in [3.8, 4) is 0 Å². The molecule has 6 heteroatoms. The third-order valence-electron chi connectivity index (χ3n) is 4.89. The van der Waals surface area contributed by atoms with Crippen molar-refractivity contribution in [2.45, 2.75) is 39.7 Å². The molecule has 1 atom stereocenters. The number of ketones is 1. The smallest absolute Gasteiger partial charge is 0.295 e. The number of Topliss-reactive ketones (excluding diaryl/α,β-unsaturated/α-hetero) is 1. The summed E-state index contributed by atoms with van der Waals surface area (Å²) in [5, 5.41) is 3.74. The van der Waals surface area contributed by atoms with Crippen LogP contribution in [-0.4, -0.2) is 46.6 Å². The van der Waals surface area contributed by atoms with E-state index >= 15 is 0 Å². The molecule has 1 aromatic carbocycles. The molecule has 0 spiro atoms. The van der Waals surface area contributed by atoms with Crippen molar-refractivity contribution in [1.82, 2.24) is 15.2 Å². The summed E-state index contributed by atoms with van der Waals surface area (Å²) in [7, 11) is 0. The molecule has 3 rings (SSSR count). The fourth-order valence-electron chi connectivity index (χ4n) is 3.47. The van der Waals surface area contributed by atoms with Crippen molar-refractivity contribution in [3.63, 3.8) is 0 Å². The largest absolute Gasteiger partial charge is 0.358 e. The zero-order valence-electron chi connectivity index (χ0n) is 15.5. The van der Waals surface area contributed by atoms with Gasteiger partial charge in [0, 0.05) is 41.6 Å². The van der Waals surface area contributed by atoms with Gasteiger partial charge in [-0.25, -0.2) is 0 Å². The molecule has 1 fully saturated rings. The second kappa shape index (κ2) is 7.32. The van der Waals surface area contributed by atoms with Crippen molar-refractivity contribution < 1.29 is 14.4 Å². The number of likely N-dealkylation sites (tertiary alicyclic amines) is 1. The van der Waals surface area contributed by atoms with Crippen LogP contribution in [0.5, 0.6) is 0 Å². The Hall–Kier alpha value is -2.63. The first-order valence-electron chi connectivity index (χ1n) is 9.09. The van der Waals surface area contributed by atoms with Crippen LogP contribution < -0.4 is 5.32 Å². The number of amides is 2. The zero-order chi connectivity index (χ0) is 18.8. The number of hydrogen-bond acceptors (Lipinski definition) is 3. The number of carbonyl (C=O) groups is 3. The number of nitrogens with one attached hydrogen (secondary N) is 2. The van der Waals surface area contributed by atoms with Gasteiger partial charge in [-0.05, 0) is 25.8 Å². The molecule has 26 heavy (non-hydrogen) atoms. The summed E-state index contributed by atoms with van der Waals surface area (Å²) in [4.78, 5) is 42.3. The van der Waals surface area contributed by atoms with Gasteiger partial charge in [0.05, 0.1) is 5.56 Å². The summed E-state index contributed by atoms with van der Waals surface area (Å²) in [6.45, 7) is 6.40. The minimum absolute atomic E-state index is 0.0249. The molecule has 1 unspecified atom stereocenters. The van der Waals surface area contributed by atoms with Crippen molar-refractivity contribution in [1.29, 1.82) is 0 Å². The van der Waals surface area contributed by atoms with Crippen LogP contribution in [0.2, 0.25) is 0 Å². The number of benzene rings is 1. The molecular weight excluding hydrogens is 330 g/mol. The van der Waals surface area contributed by atoms with Crippen molar-refractivity contribution in [3.05, 3.63) is 35.5 Å². The maximum atomic E-state index is 12.9. The molecule has 6 nitrogen and oxygen atoms in total. The van der Waals surface area contributed by atoms with Gasteiger partial charge in [-0.3, -0.25) is 14.4 Å². The molecule has 1 aliphatic heterocycles. The maximum absolute atomic E-state index is 12.9. The Morgan fingerprint density at radius 2 is 1.96 bits per heavy atom. The van der Waals surface area contributed by atoms with E-state index in [9.17, 15) is 14.4 Å². The molecule has 0 saturated carbocycles. The number of rotatable bonds is 4. The number of fused-ring (bicyclic) bond motifs is 1. The van der Waals surface area contributed by atoms with Gasteiger partial charge in [-0.1, -0.05) is 32.0 Å². The van der Waals surface area contributed by atoms with Gasteiger partial charge in [0.1, 0.15) is 0 Å². The van der Waals surface area contributed by atoms with Crippen molar-refractivity contribution in [2.24, 2.45) is 5.92 Å². The molecule has 2 aromatic rings. The standard InChI is InChI=1S/C20H25N3O3/c1-12(2)19(25)22-14-7-6-10-23(11-14)20(26)18(24)17-13(3)21-16-9-5-4-8-15(16)17/h4-5,8-9,12,14,21H,6-7,10-11H2,1-3H3,(H,22,25). The highest BCUT2D eigenvalue weighted by Crippen LogP contribution is 2.23. The number of nitrogens with zero attached hydrogens (tertiary/aromatic N) is 1. The van der Waals surface area contributed by atoms with E-state index in [1.54, 1.807) is 4.90 Å². The maximum Gasteiger partial charge on any atom is 0.295 e. The number of piperidine rings is 1. The minimum atomic E-state index is -0.499. The Morgan fingerprint density at radius 1 is 1.23 bits per heavy atom. The Balaban J connectivity index is 1.76. The zero-order valence-corrected chi connectivity index (χ0v) is 15.5.